The Morgan fingerprint density at radius 1 is 0.354 bits per heavy atom. The van der Waals surface area contributed by atoms with Crippen molar-refractivity contribution in [1.29, 1.82) is 0 Å². The number of nitrogens with zero attached hydrogens (tertiary/aromatic N) is 4. The number of benzene rings is 6. The minimum atomic E-state index is 0.627. The molecule has 8 rings (SSSR count). The van der Waals surface area contributed by atoms with Crippen LogP contribution >= 0.6 is 0 Å². The number of hydrogen-bond acceptors (Lipinski definition) is 4. The largest absolute Gasteiger partial charge is 0.253 e. The summed E-state index contributed by atoms with van der Waals surface area (Å²) < 4.78 is 0. The Bertz CT molecular complexity index is 2320. The summed E-state index contributed by atoms with van der Waals surface area (Å²) in [7, 11) is 0. The van der Waals surface area contributed by atoms with Crippen molar-refractivity contribution in [3.63, 3.8) is 0 Å². The van der Waals surface area contributed by atoms with Crippen molar-refractivity contribution >= 4 is 10.8 Å². The standard InChI is InChI=1S/C44H32N4/c1-29-24-30(2)45-41(25-29)33-22-20-31(21-23-33)36-26-37(40-19-11-17-32-12-9-10-18-39(32)40)28-38(27-36)44-47-42(34-13-5-3-6-14-34)46-43(48-44)35-15-7-4-8-16-35/h3-28H,1-2H3. The van der Waals surface area contributed by atoms with Crippen LogP contribution in [0.4, 0.5) is 0 Å². The molecule has 0 aliphatic carbocycles. The van der Waals surface area contributed by atoms with Gasteiger partial charge in [-0.25, -0.2) is 15.0 Å². The molecule has 4 nitrogen and oxygen atoms in total. The molecule has 2 aromatic heterocycles. The molecular weight excluding hydrogens is 585 g/mol. The lowest BCUT2D eigenvalue weighted by Gasteiger charge is -2.14. The summed E-state index contributed by atoms with van der Waals surface area (Å²) >= 11 is 0. The fourth-order valence-corrected chi connectivity index (χ4v) is 6.32. The first-order chi connectivity index (χ1) is 23.6. The van der Waals surface area contributed by atoms with Gasteiger partial charge < -0.3 is 0 Å². The topological polar surface area (TPSA) is 51.6 Å². The van der Waals surface area contributed by atoms with E-state index in [9.17, 15) is 0 Å². The second-order valence-electron chi connectivity index (χ2n) is 12.1. The summed E-state index contributed by atoms with van der Waals surface area (Å²) in [5.41, 5.74) is 11.6. The van der Waals surface area contributed by atoms with Crippen LogP contribution in [0.5, 0.6) is 0 Å². The molecule has 0 aliphatic rings. The van der Waals surface area contributed by atoms with Crippen molar-refractivity contribution in [2.75, 3.05) is 0 Å². The molecule has 0 saturated carbocycles. The van der Waals surface area contributed by atoms with E-state index < -0.39 is 0 Å². The molecule has 0 fully saturated rings. The van der Waals surface area contributed by atoms with Gasteiger partial charge >= 0.3 is 0 Å². The molecule has 0 radical (unpaired) electrons. The van der Waals surface area contributed by atoms with Crippen molar-refractivity contribution in [2.24, 2.45) is 0 Å². The second-order valence-corrected chi connectivity index (χ2v) is 12.1. The average Bonchev–Trinajstić information content (AvgIpc) is 3.14. The molecule has 0 bridgehead atoms. The van der Waals surface area contributed by atoms with Crippen molar-refractivity contribution in [3.05, 3.63) is 169 Å². The molecule has 0 aliphatic heterocycles. The van der Waals surface area contributed by atoms with Gasteiger partial charge in [0.05, 0.1) is 5.69 Å². The first kappa shape index (κ1) is 29.2. The monoisotopic (exact) mass is 616 g/mol. The minimum absolute atomic E-state index is 0.627. The van der Waals surface area contributed by atoms with Crippen molar-refractivity contribution < 1.29 is 0 Å². The Labute approximate surface area is 280 Å². The van der Waals surface area contributed by atoms with Gasteiger partial charge in [-0.05, 0) is 82.8 Å². The van der Waals surface area contributed by atoms with Gasteiger partial charge in [-0.2, -0.15) is 0 Å². The Hall–Kier alpha value is -6.26. The highest BCUT2D eigenvalue weighted by Crippen LogP contribution is 2.36. The molecule has 4 heteroatoms. The zero-order valence-electron chi connectivity index (χ0n) is 26.8. The van der Waals surface area contributed by atoms with E-state index in [2.05, 4.69) is 104 Å². The summed E-state index contributed by atoms with van der Waals surface area (Å²) in [5, 5.41) is 2.40. The summed E-state index contributed by atoms with van der Waals surface area (Å²) in [5.74, 6) is 1.91. The third-order valence-electron chi connectivity index (χ3n) is 8.60. The van der Waals surface area contributed by atoms with Gasteiger partial charge in [-0.15, -0.1) is 0 Å². The van der Waals surface area contributed by atoms with Gasteiger partial charge in [-0.1, -0.05) is 127 Å². The van der Waals surface area contributed by atoms with E-state index in [-0.39, 0.29) is 0 Å². The van der Waals surface area contributed by atoms with Gasteiger partial charge in [0.1, 0.15) is 0 Å². The molecule has 0 atom stereocenters. The molecule has 0 N–H and O–H groups in total. The summed E-state index contributed by atoms with van der Waals surface area (Å²) in [6.07, 6.45) is 0. The van der Waals surface area contributed by atoms with Crippen molar-refractivity contribution in [3.8, 4) is 67.7 Å². The Kier molecular flexibility index (Phi) is 7.60. The molecule has 0 amide bonds. The fraction of sp³-hybridized carbons (Fsp3) is 0.0455. The minimum Gasteiger partial charge on any atom is -0.253 e. The van der Waals surface area contributed by atoms with E-state index in [4.69, 9.17) is 19.9 Å². The number of fused-ring (bicyclic) bond motifs is 1. The van der Waals surface area contributed by atoms with Crippen LogP contribution in [-0.2, 0) is 0 Å². The van der Waals surface area contributed by atoms with Crippen LogP contribution in [0.3, 0.4) is 0 Å². The Morgan fingerprint density at radius 3 is 1.56 bits per heavy atom. The van der Waals surface area contributed by atoms with E-state index in [0.717, 1.165) is 55.9 Å². The first-order valence-electron chi connectivity index (χ1n) is 16.1. The maximum atomic E-state index is 5.07. The summed E-state index contributed by atoms with van der Waals surface area (Å²) in [6.45, 7) is 4.15. The van der Waals surface area contributed by atoms with Crippen LogP contribution in [-0.4, -0.2) is 19.9 Å². The quantitative estimate of drug-likeness (QED) is 0.186. The van der Waals surface area contributed by atoms with Crippen LogP contribution in [0.25, 0.3) is 78.4 Å². The highest BCUT2D eigenvalue weighted by Gasteiger charge is 2.16. The van der Waals surface area contributed by atoms with E-state index in [0.29, 0.717) is 17.5 Å². The molecule has 0 unspecified atom stereocenters. The highest BCUT2D eigenvalue weighted by atomic mass is 15.0. The third-order valence-corrected chi connectivity index (χ3v) is 8.60. The first-order valence-corrected chi connectivity index (χ1v) is 16.1. The molecule has 0 spiro atoms. The van der Waals surface area contributed by atoms with E-state index in [1.54, 1.807) is 0 Å². The van der Waals surface area contributed by atoms with E-state index in [1.807, 2.05) is 67.6 Å². The predicted octanol–water partition coefficient (Wildman–Crippen LogP) is 11.0. The lowest BCUT2D eigenvalue weighted by molar-refractivity contribution is 1.07. The maximum absolute atomic E-state index is 5.07. The SMILES string of the molecule is Cc1cc(C)nc(-c2ccc(-c3cc(-c4nc(-c5ccccc5)nc(-c5ccccc5)n4)cc(-c4cccc5ccccc45)c3)cc2)c1. The zero-order chi connectivity index (χ0) is 32.5. The Balaban J connectivity index is 1.33. The zero-order valence-corrected chi connectivity index (χ0v) is 26.8. The third kappa shape index (κ3) is 5.88. The second kappa shape index (κ2) is 12.5. The van der Waals surface area contributed by atoms with Crippen molar-refractivity contribution in [1.82, 2.24) is 19.9 Å². The van der Waals surface area contributed by atoms with Crippen LogP contribution in [0.1, 0.15) is 11.3 Å². The molecule has 0 saturated heterocycles. The van der Waals surface area contributed by atoms with E-state index >= 15 is 0 Å². The average molecular weight is 617 g/mol. The highest BCUT2D eigenvalue weighted by molar-refractivity contribution is 5.98. The normalized spacial score (nSPS) is 11.1. The van der Waals surface area contributed by atoms with Crippen LogP contribution in [0, 0.1) is 13.8 Å². The van der Waals surface area contributed by atoms with Gasteiger partial charge in [0.25, 0.3) is 0 Å². The van der Waals surface area contributed by atoms with Crippen molar-refractivity contribution in [2.45, 2.75) is 13.8 Å². The fourth-order valence-electron chi connectivity index (χ4n) is 6.32. The van der Waals surface area contributed by atoms with E-state index in [1.165, 1.54) is 16.3 Å². The van der Waals surface area contributed by atoms with Crippen LogP contribution < -0.4 is 0 Å². The molecule has 6 aromatic carbocycles. The molecule has 228 valence electrons. The van der Waals surface area contributed by atoms with Gasteiger partial charge in [0, 0.05) is 27.9 Å². The molecule has 2 heterocycles. The Morgan fingerprint density at radius 2 is 0.896 bits per heavy atom. The number of pyridine rings is 1. The predicted molar refractivity (Wildman–Crippen MR) is 197 cm³/mol. The lowest BCUT2D eigenvalue weighted by atomic mass is 9.92. The number of hydrogen-bond donors (Lipinski definition) is 0. The van der Waals surface area contributed by atoms with Gasteiger partial charge in [0.2, 0.25) is 0 Å². The van der Waals surface area contributed by atoms with Gasteiger partial charge in [0.15, 0.2) is 17.5 Å². The number of aromatic nitrogens is 4. The smallest absolute Gasteiger partial charge is 0.164 e. The van der Waals surface area contributed by atoms with Gasteiger partial charge in [-0.3, -0.25) is 4.98 Å². The number of rotatable bonds is 6. The summed E-state index contributed by atoms with van der Waals surface area (Å²) in [6, 6.07) is 54.8. The molecule has 8 aromatic rings. The number of aryl methyl sites for hydroxylation is 2. The van der Waals surface area contributed by atoms with Crippen LogP contribution in [0.2, 0.25) is 0 Å². The molecule has 48 heavy (non-hydrogen) atoms. The lowest BCUT2D eigenvalue weighted by Crippen LogP contribution is -2.00. The maximum Gasteiger partial charge on any atom is 0.164 e. The summed E-state index contributed by atoms with van der Waals surface area (Å²) in [4.78, 5) is 19.9. The molecular formula is C44H32N4. The van der Waals surface area contributed by atoms with Crippen LogP contribution in [0.15, 0.2) is 158 Å².